The van der Waals surface area contributed by atoms with Crippen LogP contribution in [-0.4, -0.2) is 15.5 Å². The van der Waals surface area contributed by atoms with Gasteiger partial charge in [0.25, 0.3) is 0 Å². The smallest absolute Gasteiger partial charge is 0.240 e. The molecule has 0 aliphatic rings. The summed E-state index contributed by atoms with van der Waals surface area (Å²) in [4.78, 5) is 27.9. The first-order valence-corrected chi connectivity index (χ1v) is 6.98. The third kappa shape index (κ3) is 3.03. The average molecular weight is 293 g/mol. The summed E-state index contributed by atoms with van der Waals surface area (Å²) in [5, 5.41) is 3.46. The summed E-state index contributed by atoms with van der Waals surface area (Å²) in [6.07, 6.45) is 5.06. The molecule has 0 saturated carbocycles. The van der Waals surface area contributed by atoms with Gasteiger partial charge in [0, 0.05) is 36.6 Å². The summed E-state index contributed by atoms with van der Waals surface area (Å²) in [5.41, 5.74) is 1.66. The summed E-state index contributed by atoms with van der Waals surface area (Å²) >= 11 is 0. The first-order valence-electron chi connectivity index (χ1n) is 6.98. The van der Waals surface area contributed by atoms with Crippen molar-refractivity contribution in [1.82, 2.24) is 14.9 Å². The van der Waals surface area contributed by atoms with Gasteiger partial charge in [0.15, 0.2) is 5.43 Å². The summed E-state index contributed by atoms with van der Waals surface area (Å²) < 4.78 is 1.77. The first-order chi connectivity index (χ1) is 10.7. The van der Waals surface area contributed by atoms with Crippen molar-refractivity contribution >= 4 is 16.8 Å². The molecule has 5 heteroatoms. The molecule has 0 saturated heterocycles. The number of aromatic nitrogens is 2. The van der Waals surface area contributed by atoms with E-state index >= 15 is 0 Å². The van der Waals surface area contributed by atoms with Crippen LogP contribution in [0.25, 0.3) is 10.9 Å². The van der Waals surface area contributed by atoms with Gasteiger partial charge in [-0.15, -0.1) is 0 Å². The lowest BCUT2D eigenvalue weighted by Crippen LogP contribution is -2.27. The molecule has 1 aromatic carbocycles. The van der Waals surface area contributed by atoms with Crippen molar-refractivity contribution in [3.05, 3.63) is 76.8 Å². The number of hydrogen-bond donors (Lipinski definition) is 1. The topological polar surface area (TPSA) is 64.0 Å². The average Bonchev–Trinajstić information content (AvgIpc) is 2.57. The zero-order valence-corrected chi connectivity index (χ0v) is 11.9. The van der Waals surface area contributed by atoms with Crippen LogP contribution in [0.3, 0.4) is 0 Å². The van der Waals surface area contributed by atoms with Gasteiger partial charge in [0.05, 0.1) is 5.52 Å². The first kappa shape index (κ1) is 14.0. The van der Waals surface area contributed by atoms with Crippen LogP contribution in [0.2, 0.25) is 0 Å². The van der Waals surface area contributed by atoms with Crippen LogP contribution in [-0.2, 0) is 17.9 Å². The Morgan fingerprint density at radius 2 is 2.00 bits per heavy atom. The van der Waals surface area contributed by atoms with Crippen molar-refractivity contribution in [3.8, 4) is 0 Å². The largest absolute Gasteiger partial charge is 0.350 e. The number of nitrogens with one attached hydrogen (secondary N) is 1. The number of hydrogen-bond acceptors (Lipinski definition) is 3. The number of rotatable bonds is 4. The molecule has 3 rings (SSSR count). The third-order valence-electron chi connectivity index (χ3n) is 3.41. The Labute approximate surface area is 127 Å². The van der Waals surface area contributed by atoms with E-state index in [2.05, 4.69) is 10.3 Å². The molecule has 2 aromatic heterocycles. The highest BCUT2D eigenvalue weighted by Crippen LogP contribution is 2.09. The van der Waals surface area contributed by atoms with Crippen LogP contribution in [0.15, 0.2) is 65.8 Å². The molecule has 0 atom stereocenters. The molecule has 0 unspecified atom stereocenters. The standard InChI is InChI=1S/C17H15N3O2/c21-16-7-9-20(15-6-2-1-5-14(15)16)12-17(22)19-11-13-4-3-8-18-10-13/h1-10H,11-12H2,(H,19,22). The second-order valence-corrected chi connectivity index (χ2v) is 4.96. The van der Waals surface area contributed by atoms with Crippen molar-refractivity contribution in [1.29, 1.82) is 0 Å². The van der Waals surface area contributed by atoms with Crippen molar-refractivity contribution in [2.75, 3.05) is 0 Å². The lowest BCUT2D eigenvalue weighted by Gasteiger charge is -2.11. The molecular weight excluding hydrogens is 278 g/mol. The fraction of sp³-hybridized carbons (Fsp3) is 0.118. The number of fused-ring (bicyclic) bond motifs is 1. The number of pyridine rings is 2. The maximum absolute atomic E-state index is 12.1. The second-order valence-electron chi connectivity index (χ2n) is 4.96. The molecule has 22 heavy (non-hydrogen) atoms. The van der Waals surface area contributed by atoms with Gasteiger partial charge in [0.2, 0.25) is 5.91 Å². The zero-order valence-electron chi connectivity index (χ0n) is 11.9. The van der Waals surface area contributed by atoms with Crippen molar-refractivity contribution < 1.29 is 4.79 Å². The summed E-state index contributed by atoms with van der Waals surface area (Å²) in [5.74, 6) is -0.113. The molecule has 0 bridgehead atoms. The third-order valence-corrected chi connectivity index (χ3v) is 3.41. The van der Waals surface area contributed by atoms with Crippen molar-refractivity contribution in [3.63, 3.8) is 0 Å². The maximum Gasteiger partial charge on any atom is 0.240 e. The van der Waals surface area contributed by atoms with Gasteiger partial charge in [-0.2, -0.15) is 0 Å². The molecule has 3 aromatic rings. The van der Waals surface area contributed by atoms with Crippen LogP contribution in [0.1, 0.15) is 5.56 Å². The highest BCUT2D eigenvalue weighted by molar-refractivity contribution is 5.82. The summed E-state index contributed by atoms with van der Waals surface area (Å²) in [7, 11) is 0. The van der Waals surface area contributed by atoms with Crippen LogP contribution >= 0.6 is 0 Å². The monoisotopic (exact) mass is 293 g/mol. The van der Waals surface area contributed by atoms with Crippen LogP contribution in [0, 0.1) is 0 Å². The minimum absolute atomic E-state index is 0.0392. The quantitative estimate of drug-likeness (QED) is 0.796. The van der Waals surface area contributed by atoms with Crippen LogP contribution < -0.4 is 10.7 Å². The molecule has 5 nitrogen and oxygen atoms in total. The van der Waals surface area contributed by atoms with E-state index in [1.54, 1.807) is 29.2 Å². The van der Waals surface area contributed by atoms with E-state index in [0.29, 0.717) is 11.9 Å². The summed E-state index contributed by atoms with van der Waals surface area (Å²) in [6.45, 7) is 0.603. The molecule has 110 valence electrons. The van der Waals surface area contributed by atoms with Gasteiger partial charge in [-0.3, -0.25) is 14.6 Å². The van der Waals surface area contributed by atoms with Crippen molar-refractivity contribution in [2.45, 2.75) is 13.1 Å². The predicted molar refractivity (Wildman–Crippen MR) is 84.3 cm³/mol. The number of carbonyl (C=O) groups is 1. The molecule has 0 fully saturated rings. The SMILES string of the molecule is O=C(Cn1ccc(=O)c2ccccc21)NCc1cccnc1. The number of amides is 1. The number of para-hydroxylation sites is 1. The molecule has 1 N–H and O–H groups in total. The van der Waals surface area contributed by atoms with Gasteiger partial charge in [0.1, 0.15) is 6.54 Å². The number of carbonyl (C=O) groups excluding carboxylic acids is 1. The van der Waals surface area contributed by atoms with Crippen LogP contribution in [0.5, 0.6) is 0 Å². The van der Waals surface area contributed by atoms with Gasteiger partial charge in [-0.25, -0.2) is 0 Å². The van der Waals surface area contributed by atoms with Gasteiger partial charge < -0.3 is 9.88 Å². The normalized spacial score (nSPS) is 10.5. The Hall–Kier alpha value is -2.95. The van der Waals surface area contributed by atoms with E-state index < -0.39 is 0 Å². The van der Waals surface area contributed by atoms with E-state index in [4.69, 9.17) is 0 Å². The highest BCUT2D eigenvalue weighted by atomic mass is 16.2. The lowest BCUT2D eigenvalue weighted by atomic mass is 10.2. The van der Waals surface area contributed by atoms with E-state index in [1.165, 1.54) is 6.07 Å². The van der Waals surface area contributed by atoms with Crippen molar-refractivity contribution in [2.24, 2.45) is 0 Å². The molecule has 0 aliphatic carbocycles. The van der Waals surface area contributed by atoms with E-state index in [9.17, 15) is 9.59 Å². The predicted octanol–water partition coefficient (Wildman–Crippen LogP) is 1.71. The number of nitrogens with zero attached hydrogens (tertiary/aromatic N) is 2. The lowest BCUT2D eigenvalue weighted by molar-refractivity contribution is -0.121. The van der Waals surface area contributed by atoms with Gasteiger partial charge >= 0.3 is 0 Å². The molecule has 0 spiro atoms. The van der Waals surface area contributed by atoms with Gasteiger partial charge in [-0.05, 0) is 23.8 Å². The summed E-state index contributed by atoms with van der Waals surface area (Å²) in [6, 6.07) is 12.5. The Kier molecular flexibility index (Phi) is 3.96. The minimum Gasteiger partial charge on any atom is -0.350 e. The number of benzene rings is 1. The Bertz CT molecular complexity index is 856. The molecule has 0 aliphatic heterocycles. The zero-order chi connectivity index (χ0) is 15.4. The van der Waals surface area contributed by atoms with E-state index in [1.807, 2.05) is 30.3 Å². The highest BCUT2D eigenvalue weighted by Gasteiger charge is 2.06. The maximum atomic E-state index is 12.1. The van der Waals surface area contributed by atoms with E-state index in [0.717, 1.165) is 11.1 Å². The molecule has 0 radical (unpaired) electrons. The minimum atomic E-state index is -0.113. The Balaban J connectivity index is 1.75. The van der Waals surface area contributed by atoms with Gasteiger partial charge in [-0.1, -0.05) is 18.2 Å². The van der Waals surface area contributed by atoms with Crippen LogP contribution in [0.4, 0.5) is 0 Å². The molecule has 2 heterocycles. The molecular formula is C17H15N3O2. The second kappa shape index (κ2) is 6.22. The molecule has 1 amide bonds. The van der Waals surface area contributed by atoms with E-state index in [-0.39, 0.29) is 17.9 Å². The Morgan fingerprint density at radius 3 is 2.82 bits per heavy atom. The Morgan fingerprint density at radius 1 is 1.14 bits per heavy atom. The fourth-order valence-electron chi connectivity index (χ4n) is 2.31. The fourth-order valence-corrected chi connectivity index (χ4v) is 2.31.